The summed E-state index contributed by atoms with van der Waals surface area (Å²) in [6.07, 6.45) is 0.859. The molecule has 3 nitrogen and oxygen atoms in total. The van der Waals surface area contributed by atoms with Gasteiger partial charge in [0, 0.05) is 23.2 Å². The van der Waals surface area contributed by atoms with Gasteiger partial charge in [-0.1, -0.05) is 37.0 Å². The average Bonchev–Trinajstić information content (AvgIpc) is 2.60. The molecule has 2 rings (SSSR count). The summed E-state index contributed by atoms with van der Waals surface area (Å²) >= 11 is 12.3. The lowest BCUT2D eigenvalue weighted by Gasteiger charge is -2.08. The van der Waals surface area contributed by atoms with E-state index in [1.807, 2.05) is 13.1 Å². The second kappa shape index (κ2) is 5.43. The third-order valence-electron chi connectivity index (χ3n) is 2.99. The molecule has 0 amide bonds. The van der Waals surface area contributed by atoms with Crippen LogP contribution in [0.15, 0.2) is 18.2 Å². The monoisotopic (exact) mass is 297 g/mol. The first-order chi connectivity index (χ1) is 8.90. The summed E-state index contributed by atoms with van der Waals surface area (Å²) in [6.45, 7) is 4.30. The molecular formula is C14H17Cl2N3. The van der Waals surface area contributed by atoms with Gasteiger partial charge in [-0.2, -0.15) is 5.10 Å². The van der Waals surface area contributed by atoms with Gasteiger partial charge in [-0.05, 0) is 30.5 Å². The average molecular weight is 298 g/mol. The molecule has 0 aliphatic heterocycles. The molecular weight excluding hydrogens is 281 g/mol. The second-order valence-electron chi connectivity index (χ2n) is 5.06. The van der Waals surface area contributed by atoms with Gasteiger partial charge in [0.1, 0.15) is 5.82 Å². The van der Waals surface area contributed by atoms with Crippen molar-refractivity contribution in [3.8, 4) is 11.3 Å². The molecule has 1 aromatic heterocycles. The molecule has 19 heavy (non-hydrogen) atoms. The molecule has 1 aromatic carbocycles. The van der Waals surface area contributed by atoms with Crippen LogP contribution in [-0.4, -0.2) is 9.78 Å². The topological polar surface area (TPSA) is 43.8 Å². The van der Waals surface area contributed by atoms with Crippen molar-refractivity contribution in [1.82, 2.24) is 9.78 Å². The van der Waals surface area contributed by atoms with Crippen LogP contribution in [0.3, 0.4) is 0 Å². The molecule has 102 valence electrons. The Labute approximate surface area is 123 Å². The van der Waals surface area contributed by atoms with Crippen LogP contribution < -0.4 is 5.73 Å². The van der Waals surface area contributed by atoms with Crippen LogP contribution in [0.4, 0.5) is 5.82 Å². The molecule has 0 spiro atoms. The first kappa shape index (κ1) is 14.2. The van der Waals surface area contributed by atoms with Gasteiger partial charge in [-0.25, -0.2) is 0 Å². The van der Waals surface area contributed by atoms with Gasteiger partial charge in [0.15, 0.2) is 0 Å². The minimum atomic E-state index is 0.489. The van der Waals surface area contributed by atoms with Crippen LogP contribution in [0.25, 0.3) is 11.3 Å². The van der Waals surface area contributed by atoms with Gasteiger partial charge in [-0.3, -0.25) is 4.68 Å². The lowest BCUT2D eigenvalue weighted by Crippen LogP contribution is -2.02. The molecule has 0 bridgehead atoms. The summed E-state index contributed by atoms with van der Waals surface area (Å²) in [5, 5.41) is 5.75. The van der Waals surface area contributed by atoms with Gasteiger partial charge < -0.3 is 5.73 Å². The SMILES string of the molecule is CC(C)Cc1c(-c2cc(Cl)ccc2Cl)nn(C)c1N. The number of aromatic nitrogens is 2. The quantitative estimate of drug-likeness (QED) is 0.924. The van der Waals surface area contributed by atoms with Crippen LogP contribution in [0, 0.1) is 5.92 Å². The predicted octanol–water partition coefficient (Wildman–Crippen LogP) is 4.17. The van der Waals surface area contributed by atoms with E-state index in [4.69, 9.17) is 28.9 Å². The zero-order valence-corrected chi connectivity index (χ0v) is 12.8. The van der Waals surface area contributed by atoms with Crippen molar-refractivity contribution < 1.29 is 0 Å². The fraction of sp³-hybridized carbons (Fsp3) is 0.357. The minimum absolute atomic E-state index is 0.489. The van der Waals surface area contributed by atoms with E-state index in [9.17, 15) is 0 Å². The van der Waals surface area contributed by atoms with Crippen molar-refractivity contribution in [2.24, 2.45) is 13.0 Å². The smallest absolute Gasteiger partial charge is 0.125 e. The Morgan fingerprint density at radius 1 is 1.32 bits per heavy atom. The third kappa shape index (κ3) is 2.88. The Hall–Kier alpha value is -1.19. The molecule has 0 unspecified atom stereocenters. The Balaban J connectivity index is 2.61. The second-order valence-corrected chi connectivity index (χ2v) is 5.90. The summed E-state index contributed by atoms with van der Waals surface area (Å²) in [4.78, 5) is 0. The maximum atomic E-state index is 6.25. The fourth-order valence-corrected chi connectivity index (χ4v) is 2.46. The molecule has 0 radical (unpaired) electrons. The van der Waals surface area contributed by atoms with Crippen molar-refractivity contribution in [3.63, 3.8) is 0 Å². The highest BCUT2D eigenvalue weighted by molar-refractivity contribution is 6.35. The van der Waals surface area contributed by atoms with Crippen molar-refractivity contribution in [2.75, 3.05) is 5.73 Å². The van der Waals surface area contributed by atoms with E-state index in [1.54, 1.807) is 16.8 Å². The van der Waals surface area contributed by atoms with Crippen molar-refractivity contribution in [1.29, 1.82) is 0 Å². The minimum Gasteiger partial charge on any atom is -0.384 e. The third-order valence-corrected chi connectivity index (χ3v) is 3.55. The van der Waals surface area contributed by atoms with Gasteiger partial charge in [0.2, 0.25) is 0 Å². The first-order valence-corrected chi connectivity index (χ1v) is 6.92. The fourth-order valence-electron chi connectivity index (χ4n) is 2.09. The van der Waals surface area contributed by atoms with E-state index in [-0.39, 0.29) is 0 Å². The number of hydrogen-bond donors (Lipinski definition) is 1. The predicted molar refractivity (Wildman–Crippen MR) is 81.6 cm³/mol. The van der Waals surface area contributed by atoms with E-state index in [0.717, 1.165) is 23.2 Å². The van der Waals surface area contributed by atoms with Gasteiger partial charge in [0.25, 0.3) is 0 Å². The molecule has 2 N–H and O–H groups in total. The molecule has 0 fully saturated rings. The number of hydrogen-bond acceptors (Lipinski definition) is 2. The first-order valence-electron chi connectivity index (χ1n) is 6.17. The van der Waals surface area contributed by atoms with Crippen molar-refractivity contribution in [2.45, 2.75) is 20.3 Å². The maximum Gasteiger partial charge on any atom is 0.125 e. The Morgan fingerprint density at radius 3 is 2.63 bits per heavy atom. The standard InChI is InChI=1S/C14H17Cl2N3/c1-8(2)6-11-13(18-19(3)14(11)17)10-7-9(15)4-5-12(10)16/h4-5,7-8H,6,17H2,1-3H3. The summed E-state index contributed by atoms with van der Waals surface area (Å²) < 4.78 is 1.68. The zero-order chi connectivity index (χ0) is 14.2. The number of nitrogens with zero attached hydrogens (tertiary/aromatic N) is 2. The molecule has 5 heteroatoms. The maximum absolute atomic E-state index is 6.25. The molecule has 1 heterocycles. The number of nitrogens with two attached hydrogens (primary N) is 1. The van der Waals surface area contributed by atoms with Crippen LogP contribution in [0.5, 0.6) is 0 Å². The van der Waals surface area contributed by atoms with Crippen LogP contribution in [0.1, 0.15) is 19.4 Å². The van der Waals surface area contributed by atoms with Crippen LogP contribution in [0.2, 0.25) is 10.0 Å². The Kier molecular flexibility index (Phi) is 4.07. The van der Waals surface area contributed by atoms with Gasteiger partial charge >= 0.3 is 0 Å². The summed E-state index contributed by atoms with van der Waals surface area (Å²) in [5.41, 5.74) is 8.78. The normalized spacial score (nSPS) is 11.3. The molecule has 2 aromatic rings. The Bertz CT molecular complexity index is 603. The van der Waals surface area contributed by atoms with Crippen LogP contribution in [-0.2, 0) is 13.5 Å². The highest BCUT2D eigenvalue weighted by atomic mass is 35.5. The molecule has 0 aliphatic rings. The van der Waals surface area contributed by atoms with Gasteiger partial charge in [-0.15, -0.1) is 0 Å². The van der Waals surface area contributed by atoms with E-state index >= 15 is 0 Å². The summed E-state index contributed by atoms with van der Waals surface area (Å²) in [6, 6.07) is 5.38. The molecule has 0 aliphatic carbocycles. The van der Waals surface area contributed by atoms with E-state index in [1.165, 1.54) is 0 Å². The lowest BCUT2D eigenvalue weighted by molar-refractivity contribution is 0.648. The summed E-state index contributed by atoms with van der Waals surface area (Å²) in [7, 11) is 1.83. The van der Waals surface area contributed by atoms with E-state index < -0.39 is 0 Å². The van der Waals surface area contributed by atoms with E-state index in [0.29, 0.717) is 21.8 Å². The molecule has 0 saturated carbocycles. The number of rotatable bonds is 3. The molecule has 0 saturated heterocycles. The van der Waals surface area contributed by atoms with Crippen molar-refractivity contribution in [3.05, 3.63) is 33.8 Å². The number of anilines is 1. The number of benzene rings is 1. The zero-order valence-electron chi connectivity index (χ0n) is 11.2. The number of aryl methyl sites for hydroxylation is 1. The van der Waals surface area contributed by atoms with Crippen LogP contribution >= 0.6 is 23.2 Å². The van der Waals surface area contributed by atoms with Gasteiger partial charge in [0.05, 0.1) is 10.7 Å². The molecule has 0 atom stereocenters. The Morgan fingerprint density at radius 2 is 2.00 bits per heavy atom. The highest BCUT2D eigenvalue weighted by Crippen LogP contribution is 2.35. The summed E-state index contributed by atoms with van der Waals surface area (Å²) in [5.74, 6) is 1.17. The number of halogens is 2. The van der Waals surface area contributed by atoms with Crippen molar-refractivity contribution >= 4 is 29.0 Å². The highest BCUT2D eigenvalue weighted by Gasteiger charge is 2.18. The lowest BCUT2D eigenvalue weighted by atomic mass is 9.99. The van der Waals surface area contributed by atoms with E-state index in [2.05, 4.69) is 18.9 Å². The largest absolute Gasteiger partial charge is 0.384 e. The number of nitrogen functional groups attached to an aromatic ring is 1.